The van der Waals surface area contributed by atoms with Gasteiger partial charge < -0.3 is 15.2 Å². The second-order valence-corrected chi connectivity index (χ2v) is 5.68. The number of nitrogens with two attached hydrogens (primary N) is 1. The third-order valence-corrected chi connectivity index (χ3v) is 4.51. The Morgan fingerprint density at radius 1 is 1.37 bits per heavy atom. The van der Waals surface area contributed by atoms with E-state index in [-0.39, 0.29) is 5.91 Å². The Labute approximate surface area is 113 Å². The van der Waals surface area contributed by atoms with Gasteiger partial charge in [0, 0.05) is 31.9 Å². The molecule has 19 heavy (non-hydrogen) atoms. The monoisotopic (exact) mass is 262 g/mol. The van der Waals surface area contributed by atoms with Gasteiger partial charge >= 0.3 is 0 Å². The average molecular weight is 262 g/mol. The van der Waals surface area contributed by atoms with Gasteiger partial charge in [-0.25, -0.2) is 4.98 Å². The Bertz CT molecular complexity index is 456. The SMILES string of the molecule is NCCn1cnc(C(=O)N2CCC3CCCCC32)c1. The lowest BCUT2D eigenvalue weighted by molar-refractivity contribution is 0.0684. The number of nitrogens with zero attached hydrogens (tertiary/aromatic N) is 3. The molecule has 2 aliphatic rings. The first-order valence-electron chi connectivity index (χ1n) is 7.32. The molecule has 1 aromatic rings. The molecule has 1 saturated carbocycles. The quantitative estimate of drug-likeness (QED) is 0.891. The van der Waals surface area contributed by atoms with Crippen LogP contribution in [0.3, 0.4) is 0 Å². The normalized spacial score (nSPS) is 26.5. The number of aromatic nitrogens is 2. The average Bonchev–Trinajstić information content (AvgIpc) is 3.05. The van der Waals surface area contributed by atoms with Crippen molar-refractivity contribution in [1.29, 1.82) is 0 Å². The molecule has 3 rings (SSSR count). The maximum Gasteiger partial charge on any atom is 0.274 e. The number of likely N-dealkylation sites (tertiary alicyclic amines) is 1. The lowest BCUT2D eigenvalue weighted by atomic mass is 9.85. The summed E-state index contributed by atoms with van der Waals surface area (Å²) in [6.07, 6.45) is 9.73. The van der Waals surface area contributed by atoms with Crippen LogP contribution < -0.4 is 5.73 Å². The minimum absolute atomic E-state index is 0.102. The molecule has 1 aliphatic carbocycles. The standard InChI is InChI=1S/C14H22N4O/c15-6-8-17-9-12(16-10-17)14(19)18-7-5-11-3-1-2-4-13(11)18/h9-11,13H,1-8,15H2. The number of imidazole rings is 1. The topological polar surface area (TPSA) is 64.2 Å². The molecule has 2 unspecified atom stereocenters. The zero-order valence-electron chi connectivity index (χ0n) is 11.3. The molecule has 5 heteroatoms. The fourth-order valence-electron chi connectivity index (χ4n) is 3.55. The van der Waals surface area contributed by atoms with E-state index in [2.05, 4.69) is 9.88 Å². The first kappa shape index (κ1) is 12.7. The lowest BCUT2D eigenvalue weighted by Gasteiger charge is -2.31. The summed E-state index contributed by atoms with van der Waals surface area (Å²) < 4.78 is 1.89. The van der Waals surface area contributed by atoms with Gasteiger partial charge in [0.1, 0.15) is 5.69 Å². The number of hydrogen-bond acceptors (Lipinski definition) is 3. The summed E-state index contributed by atoms with van der Waals surface area (Å²) >= 11 is 0. The molecule has 0 aromatic carbocycles. The molecule has 2 heterocycles. The van der Waals surface area contributed by atoms with Crippen molar-refractivity contribution in [2.45, 2.75) is 44.7 Å². The van der Waals surface area contributed by atoms with Gasteiger partial charge in [-0.3, -0.25) is 4.79 Å². The predicted octanol–water partition coefficient (Wildman–Crippen LogP) is 1.25. The Balaban J connectivity index is 1.72. The van der Waals surface area contributed by atoms with Crippen molar-refractivity contribution < 1.29 is 4.79 Å². The molecule has 2 fully saturated rings. The highest BCUT2D eigenvalue weighted by Gasteiger charge is 2.38. The molecule has 1 amide bonds. The highest BCUT2D eigenvalue weighted by Crippen LogP contribution is 2.36. The summed E-state index contributed by atoms with van der Waals surface area (Å²) in [5.74, 6) is 0.828. The molecule has 1 saturated heterocycles. The molecule has 2 atom stereocenters. The van der Waals surface area contributed by atoms with Gasteiger partial charge in [0.05, 0.1) is 6.33 Å². The van der Waals surface area contributed by atoms with Crippen molar-refractivity contribution in [3.63, 3.8) is 0 Å². The molecule has 0 spiro atoms. The van der Waals surface area contributed by atoms with E-state index in [4.69, 9.17) is 5.73 Å². The molecule has 1 aromatic heterocycles. The van der Waals surface area contributed by atoms with E-state index in [1.807, 2.05) is 10.8 Å². The minimum Gasteiger partial charge on any atom is -0.335 e. The number of amides is 1. The van der Waals surface area contributed by atoms with E-state index in [9.17, 15) is 4.79 Å². The fraction of sp³-hybridized carbons (Fsp3) is 0.714. The third-order valence-electron chi connectivity index (χ3n) is 4.51. The minimum atomic E-state index is 0.102. The van der Waals surface area contributed by atoms with Crippen molar-refractivity contribution in [2.75, 3.05) is 13.1 Å². The summed E-state index contributed by atoms with van der Waals surface area (Å²) in [5.41, 5.74) is 6.08. The van der Waals surface area contributed by atoms with E-state index in [0.29, 0.717) is 24.8 Å². The molecular formula is C14H22N4O. The van der Waals surface area contributed by atoms with Crippen molar-refractivity contribution in [3.05, 3.63) is 18.2 Å². The van der Waals surface area contributed by atoms with E-state index in [1.165, 1.54) is 32.1 Å². The van der Waals surface area contributed by atoms with Crippen LogP contribution in [0.15, 0.2) is 12.5 Å². The van der Waals surface area contributed by atoms with Gasteiger partial charge in [0.2, 0.25) is 0 Å². The highest BCUT2D eigenvalue weighted by molar-refractivity contribution is 5.92. The third kappa shape index (κ3) is 2.39. The smallest absolute Gasteiger partial charge is 0.274 e. The van der Waals surface area contributed by atoms with Gasteiger partial charge in [-0.2, -0.15) is 0 Å². The van der Waals surface area contributed by atoms with E-state index in [0.717, 1.165) is 12.5 Å². The summed E-state index contributed by atoms with van der Waals surface area (Å²) in [7, 11) is 0. The van der Waals surface area contributed by atoms with Crippen LogP contribution in [-0.4, -0.2) is 39.5 Å². The van der Waals surface area contributed by atoms with Crippen molar-refractivity contribution in [1.82, 2.24) is 14.5 Å². The number of hydrogen-bond donors (Lipinski definition) is 1. The Hall–Kier alpha value is -1.36. The highest BCUT2D eigenvalue weighted by atomic mass is 16.2. The van der Waals surface area contributed by atoms with Crippen LogP contribution >= 0.6 is 0 Å². The molecule has 2 N–H and O–H groups in total. The maximum atomic E-state index is 12.5. The van der Waals surface area contributed by atoms with Gasteiger partial charge in [-0.15, -0.1) is 0 Å². The number of rotatable bonds is 3. The Morgan fingerprint density at radius 3 is 3.05 bits per heavy atom. The molecule has 0 bridgehead atoms. The van der Waals surface area contributed by atoms with Gasteiger partial charge in [-0.05, 0) is 25.2 Å². The van der Waals surface area contributed by atoms with E-state index in [1.54, 1.807) is 6.33 Å². The van der Waals surface area contributed by atoms with Crippen LogP contribution in [0.2, 0.25) is 0 Å². The zero-order chi connectivity index (χ0) is 13.2. The molecule has 5 nitrogen and oxygen atoms in total. The largest absolute Gasteiger partial charge is 0.335 e. The van der Waals surface area contributed by atoms with Crippen LogP contribution in [0, 0.1) is 5.92 Å². The van der Waals surface area contributed by atoms with Crippen LogP contribution in [0.4, 0.5) is 0 Å². The summed E-state index contributed by atoms with van der Waals surface area (Å²) in [6, 6.07) is 0.459. The maximum absolute atomic E-state index is 12.5. The van der Waals surface area contributed by atoms with Crippen molar-refractivity contribution >= 4 is 5.91 Å². The zero-order valence-corrected chi connectivity index (χ0v) is 11.3. The van der Waals surface area contributed by atoms with Crippen molar-refractivity contribution in [2.24, 2.45) is 11.7 Å². The Morgan fingerprint density at radius 2 is 2.21 bits per heavy atom. The summed E-state index contributed by atoms with van der Waals surface area (Å²) in [4.78, 5) is 18.8. The van der Waals surface area contributed by atoms with E-state index < -0.39 is 0 Å². The molecule has 1 aliphatic heterocycles. The van der Waals surface area contributed by atoms with Crippen LogP contribution in [0.1, 0.15) is 42.6 Å². The fourth-order valence-corrected chi connectivity index (χ4v) is 3.55. The predicted molar refractivity (Wildman–Crippen MR) is 72.7 cm³/mol. The lowest BCUT2D eigenvalue weighted by Crippen LogP contribution is -2.39. The van der Waals surface area contributed by atoms with Crippen LogP contribution in [-0.2, 0) is 6.54 Å². The van der Waals surface area contributed by atoms with Gasteiger partial charge in [0.25, 0.3) is 5.91 Å². The first-order valence-corrected chi connectivity index (χ1v) is 7.32. The Kier molecular flexibility index (Phi) is 3.55. The first-order chi connectivity index (χ1) is 9.29. The number of carbonyl (C=O) groups excluding carboxylic acids is 1. The van der Waals surface area contributed by atoms with Crippen LogP contribution in [0.25, 0.3) is 0 Å². The molecule has 104 valence electrons. The second-order valence-electron chi connectivity index (χ2n) is 5.68. The summed E-state index contributed by atoms with van der Waals surface area (Å²) in [6.45, 7) is 2.18. The van der Waals surface area contributed by atoms with Gasteiger partial charge in [-0.1, -0.05) is 12.8 Å². The summed E-state index contributed by atoms with van der Waals surface area (Å²) in [5, 5.41) is 0. The molecular weight excluding hydrogens is 240 g/mol. The second kappa shape index (κ2) is 5.33. The number of carbonyl (C=O) groups is 1. The number of fused-ring (bicyclic) bond motifs is 1. The van der Waals surface area contributed by atoms with Crippen molar-refractivity contribution in [3.8, 4) is 0 Å². The van der Waals surface area contributed by atoms with E-state index >= 15 is 0 Å². The van der Waals surface area contributed by atoms with Crippen LogP contribution in [0.5, 0.6) is 0 Å². The van der Waals surface area contributed by atoms with Gasteiger partial charge in [0.15, 0.2) is 0 Å². The molecule has 0 radical (unpaired) electrons.